The van der Waals surface area contributed by atoms with Gasteiger partial charge in [0, 0.05) is 38.4 Å². The fourth-order valence-electron chi connectivity index (χ4n) is 2.63. The minimum Gasteiger partial charge on any atom is -0.349 e. The first-order valence-corrected chi connectivity index (χ1v) is 8.14. The third kappa shape index (κ3) is 4.02. The van der Waals surface area contributed by atoms with Crippen LogP contribution in [0, 0.1) is 11.8 Å². The van der Waals surface area contributed by atoms with Crippen LogP contribution in [-0.4, -0.2) is 42.3 Å². The molecule has 7 heteroatoms. The highest BCUT2D eigenvalue weighted by molar-refractivity contribution is 7.87. The summed E-state index contributed by atoms with van der Waals surface area (Å²) in [6.45, 7) is 5.79. The second-order valence-electron chi connectivity index (χ2n) is 5.45. The molecule has 2 rings (SSSR count). The summed E-state index contributed by atoms with van der Waals surface area (Å²) in [5.41, 5.74) is 0. The summed E-state index contributed by atoms with van der Waals surface area (Å²) in [6, 6.07) is 0. The van der Waals surface area contributed by atoms with Crippen LogP contribution in [0.4, 0.5) is 0 Å². The van der Waals surface area contributed by atoms with Crippen molar-refractivity contribution in [2.24, 2.45) is 11.8 Å². The molecule has 1 aliphatic heterocycles. The highest BCUT2D eigenvalue weighted by atomic mass is 32.2. The van der Waals surface area contributed by atoms with Crippen molar-refractivity contribution in [2.75, 3.05) is 19.6 Å². The van der Waals surface area contributed by atoms with Gasteiger partial charge < -0.3 is 4.98 Å². The topological polar surface area (TPSA) is 78.1 Å². The number of hydrogen-bond donors (Lipinski definition) is 2. The normalized spacial score (nSPS) is 25.6. The van der Waals surface area contributed by atoms with E-state index in [1.807, 2.05) is 0 Å². The summed E-state index contributed by atoms with van der Waals surface area (Å²) in [6.07, 6.45) is 5.07. The summed E-state index contributed by atoms with van der Waals surface area (Å²) >= 11 is 0. The Balaban J connectivity index is 1.87. The maximum absolute atomic E-state index is 12.2. The lowest BCUT2D eigenvalue weighted by atomic mass is 9.94. The molecule has 6 nitrogen and oxygen atoms in total. The standard InChI is InChI=1S/C12H22N4O2S/c1-10-7-11(2)9-16(8-10)19(17,18)15-4-3-12-13-5-6-14-12/h5-6,10-11,15H,3-4,7-9H2,1-2H3,(H,13,14). The van der Waals surface area contributed by atoms with Gasteiger partial charge in [0.05, 0.1) is 0 Å². The molecule has 1 saturated heterocycles. The minimum atomic E-state index is -3.36. The van der Waals surface area contributed by atoms with Gasteiger partial charge in [-0.05, 0) is 18.3 Å². The quantitative estimate of drug-likeness (QED) is 0.839. The van der Waals surface area contributed by atoms with E-state index in [1.165, 1.54) is 0 Å². The van der Waals surface area contributed by atoms with Crippen LogP contribution in [0.15, 0.2) is 12.4 Å². The van der Waals surface area contributed by atoms with Gasteiger partial charge in [0.25, 0.3) is 10.2 Å². The second kappa shape index (κ2) is 6.02. The Bertz CT molecular complexity index is 476. The molecule has 1 aromatic rings. The maximum atomic E-state index is 12.2. The Morgan fingerprint density at radius 2 is 2.11 bits per heavy atom. The zero-order chi connectivity index (χ0) is 13.9. The largest absolute Gasteiger partial charge is 0.349 e. The van der Waals surface area contributed by atoms with Crippen LogP contribution in [-0.2, 0) is 16.6 Å². The number of H-pyrrole nitrogens is 1. The van der Waals surface area contributed by atoms with Crippen molar-refractivity contribution >= 4 is 10.2 Å². The fraction of sp³-hybridized carbons (Fsp3) is 0.750. The van der Waals surface area contributed by atoms with E-state index in [0.717, 1.165) is 12.2 Å². The molecule has 1 aromatic heterocycles. The van der Waals surface area contributed by atoms with Crippen molar-refractivity contribution in [3.63, 3.8) is 0 Å². The summed E-state index contributed by atoms with van der Waals surface area (Å²) < 4.78 is 28.6. The van der Waals surface area contributed by atoms with Gasteiger partial charge in [-0.2, -0.15) is 12.7 Å². The van der Waals surface area contributed by atoms with Crippen LogP contribution in [0.3, 0.4) is 0 Å². The van der Waals surface area contributed by atoms with Crippen molar-refractivity contribution in [1.82, 2.24) is 19.0 Å². The molecule has 0 bridgehead atoms. The number of aromatic nitrogens is 2. The Morgan fingerprint density at radius 1 is 1.42 bits per heavy atom. The van der Waals surface area contributed by atoms with E-state index in [9.17, 15) is 8.42 Å². The smallest absolute Gasteiger partial charge is 0.279 e. The molecular formula is C12H22N4O2S. The van der Waals surface area contributed by atoms with Crippen molar-refractivity contribution in [1.29, 1.82) is 0 Å². The molecule has 2 unspecified atom stereocenters. The molecule has 0 radical (unpaired) electrons. The molecule has 2 heterocycles. The first-order chi connectivity index (χ1) is 8.97. The van der Waals surface area contributed by atoms with E-state index < -0.39 is 10.2 Å². The molecule has 0 aromatic carbocycles. The molecule has 1 fully saturated rings. The number of rotatable bonds is 5. The zero-order valence-corrected chi connectivity index (χ0v) is 12.3. The van der Waals surface area contributed by atoms with E-state index in [0.29, 0.717) is 37.9 Å². The Morgan fingerprint density at radius 3 is 2.68 bits per heavy atom. The van der Waals surface area contributed by atoms with Gasteiger partial charge in [-0.1, -0.05) is 13.8 Å². The van der Waals surface area contributed by atoms with Gasteiger partial charge in [-0.3, -0.25) is 0 Å². The van der Waals surface area contributed by atoms with Crippen LogP contribution >= 0.6 is 0 Å². The molecular weight excluding hydrogens is 264 g/mol. The summed E-state index contributed by atoms with van der Waals surface area (Å²) in [4.78, 5) is 7.03. The average Bonchev–Trinajstić information content (AvgIpc) is 2.80. The third-order valence-electron chi connectivity index (χ3n) is 3.38. The second-order valence-corrected chi connectivity index (χ2v) is 7.20. The van der Waals surface area contributed by atoms with Crippen molar-refractivity contribution in [3.05, 3.63) is 18.2 Å². The predicted molar refractivity (Wildman–Crippen MR) is 73.7 cm³/mol. The number of piperidine rings is 1. The lowest BCUT2D eigenvalue weighted by Crippen LogP contribution is -2.48. The number of nitrogens with zero attached hydrogens (tertiary/aromatic N) is 2. The first-order valence-electron chi connectivity index (χ1n) is 6.70. The number of aromatic amines is 1. The van der Waals surface area contributed by atoms with Crippen molar-refractivity contribution < 1.29 is 8.42 Å². The highest BCUT2D eigenvalue weighted by Crippen LogP contribution is 2.22. The molecule has 0 amide bonds. The molecule has 0 aliphatic carbocycles. The lowest BCUT2D eigenvalue weighted by Gasteiger charge is -2.33. The third-order valence-corrected chi connectivity index (χ3v) is 4.92. The highest BCUT2D eigenvalue weighted by Gasteiger charge is 2.29. The van der Waals surface area contributed by atoms with Crippen LogP contribution in [0.25, 0.3) is 0 Å². The number of hydrogen-bond acceptors (Lipinski definition) is 3. The van der Waals surface area contributed by atoms with Gasteiger partial charge in [0.15, 0.2) is 0 Å². The Hall–Kier alpha value is -0.920. The Kier molecular flexibility index (Phi) is 4.59. The minimum absolute atomic E-state index is 0.370. The fourth-order valence-corrected chi connectivity index (χ4v) is 4.07. The van der Waals surface area contributed by atoms with Crippen LogP contribution < -0.4 is 4.72 Å². The van der Waals surface area contributed by atoms with Gasteiger partial charge >= 0.3 is 0 Å². The van der Waals surface area contributed by atoms with Crippen molar-refractivity contribution in [2.45, 2.75) is 26.7 Å². The summed E-state index contributed by atoms with van der Waals surface area (Å²) in [5, 5.41) is 0. The van der Waals surface area contributed by atoms with Gasteiger partial charge in [0.1, 0.15) is 5.82 Å². The van der Waals surface area contributed by atoms with Gasteiger partial charge in [0.2, 0.25) is 0 Å². The monoisotopic (exact) mass is 286 g/mol. The average molecular weight is 286 g/mol. The molecule has 1 aliphatic rings. The first kappa shape index (κ1) is 14.5. The summed E-state index contributed by atoms with van der Waals surface area (Å²) in [7, 11) is -3.36. The molecule has 2 atom stereocenters. The maximum Gasteiger partial charge on any atom is 0.279 e. The SMILES string of the molecule is CC1CC(C)CN(S(=O)(=O)NCCc2ncc[nH]2)C1. The molecule has 0 spiro atoms. The van der Waals surface area contributed by atoms with Crippen LogP contribution in [0.5, 0.6) is 0 Å². The zero-order valence-electron chi connectivity index (χ0n) is 11.5. The van der Waals surface area contributed by atoms with E-state index >= 15 is 0 Å². The predicted octanol–water partition coefficient (Wildman–Crippen LogP) is 0.764. The van der Waals surface area contributed by atoms with Gasteiger partial charge in [-0.25, -0.2) is 9.71 Å². The molecule has 0 saturated carbocycles. The summed E-state index contributed by atoms with van der Waals surface area (Å²) in [5.74, 6) is 1.64. The molecule has 19 heavy (non-hydrogen) atoms. The van der Waals surface area contributed by atoms with Crippen LogP contribution in [0.2, 0.25) is 0 Å². The number of imidazole rings is 1. The molecule has 2 N–H and O–H groups in total. The van der Waals surface area contributed by atoms with E-state index in [1.54, 1.807) is 16.7 Å². The lowest BCUT2D eigenvalue weighted by molar-refractivity contribution is 0.220. The van der Waals surface area contributed by atoms with E-state index in [4.69, 9.17) is 0 Å². The van der Waals surface area contributed by atoms with Crippen molar-refractivity contribution in [3.8, 4) is 0 Å². The number of nitrogens with one attached hydrogen (secondary N) is 2. The van der Waals surface area contributed by atoms with Gasteiger partial charge in [-0.15, -0.1) is 0 Å². The van der Waals surface area contributed by atoms with E-state index in [2.05, 4.69) is 28.5 Å². The van der Waals surface area contributed by atoms with E-state index in [-0.39, 0.29) is 0 Å². The molecule has 108 valence electrons. The van der Waals surface area contributed by atoms with Crippen LogP contribution in [0.1, 0.15) is 26.1 Å². The Labute approximate surface area is 114 Å².